The molecule has 0 atom stereocenters. The minimum absolute atomic E-state index is 0.790. The van der Waals surface area contributed by atoms with E-state index in [1.165, 1.54) is 24.0 Å². The fourth-order valence-electron chi connectivity index (χ4n) is 2.48. The molecule has 3 rings (SSSR count). The lowest BCUT2D eigenvalue weighted by molar-refractivity contribution is 1.03. The molecule has 2 aromatic carbocycles. The van der Waals surface area contributed by atoms with E-state index in [2.05, 4.69) is 42.6 Å². The maximum atomic E-state index is 6.15. The van der Waals surface area contributed by atoms with E-state index in [4.69, 9.17) is 11.6 Å². The molecule has 2 aromatic rings. The van der Waals surface area contributed by atoms with Gasteiger partial charge in [-0.05, 0) is 54.5 Å². The van der Waals surface area contributed by atoms with E-state index in [0.717, 1.165) is 28.7 Å². The first-order valence-corrected chi connectivity index (χ1v) is 7.20. The molecule has 1 aliphatic rings. The van der Waals surface area contributed by atoms with Crippen LogP contribution < -0.4 is 5.32 Å². The van der Waals surface area contributed by atoms with E-state index in [-0.39, 0.29) is 0 Å². The van der Waals surface area contributed by atoms with Crippen molar-refractivity contribution >= 4 is 17.3 Å². The monoisotopic (exact) mass is 271 g/mol. The van der Waals surface area contributed by atoms with E-state index in [0.29, 0.717) is 0 Å². The smallest absolute Gasteiger partial charge is 0.0455 e. The van der Waals surface area contributed by atoms with Gasteiger partial charge in [0.25, 0.3) is 0 Å². The van der Waals surface area contributed by atoms with Gasteiger partial charge in [0, 0.05) is 17.3 Å². The van der Waals surface area contributed by atoms with Crippen LogP contribution in [0.5, 0.6) is 0 Å². The minimum Gasteiger partial charge on any atom is -0.381 e. The number of benzene rings is 2. The average Bonchev–Trinajstić information content (AvgIpc) is 3.25. The van der Waals surface area contributed by atoms with Gasteiger partial charge in [-0.1, -0.05) is 41.9 Å². The van der Waals surface area contributed by atoms with Crippen LogP contribution in [0.1, 0.15) is 35.4 Å². The second kappa shape index (κ2) is 5.26. The summed E-state index contributed by atoms with van der Waals surface area (Å²) >= 11 is 6.15. The molecule has 1 saturated carbocycles. The Morgan fingerprint density at radius 2 is 1.89 bits per heavy atom. The number of hydrogen-bond donors (Lipinski definition) is 1. The first kappa shape index (κ1) is 12.6. The van der Waals surface area contributed by atoms with Crippen molar-refractivity contribution in [2.75, 3.05) is 5.32 Å². The maximum absolute atomic E-state index is 6.15. The van der Waals surface area contributed by atoms with Gasteiger partial charge in [-0.3, -0.25) is 0 Å². The Balaban J connectivity index is 1.77. The van der Waals surface area contributed by atoms with Crippen molar-refractivity contribution < 1.29 is 0 Å². The van der Waals surface area contributed by atoms with E-state index in [1.807, 2.05) is 12.1 Å². The van der Waals surface area contributed by atoms with Crippen LogP contribution in [0.3, 0.4) is 0 Å². The minimum atomic E-state index is 0.790. The molecule has 0 aliphatic heterocycles. The highest BCUT2D eigenvalue weighted by molar-refractivity contribution is 6.31. The zero-order valence-corrected chi connectivity index (χ0v) is 11.9. The molecule has 1 nitrogen and oxygen atoms in total. The van der Waals surface area contributed by atoms with Crippen molar-refractivity contribution in [3.63, 3.8) is 0 Å². The van der Waals surface area contributed by atoms with E-state index < -0.39 is 0 Å². The quantitative estimate of drug-likeness (QED) is 0.812. The van der Waals surface area contributed by atoms with Crippen molar-refractivity contribution in [1.29, 1.82) is 0 Å². The molecule has 0 aromatic heterocycles. The predicted octanol–water partition coefficient (Wildman–Crippen LogP) is 5.14. The van der Waals surface area contributed by atoms with Gasteiger partial charge in [-0.15, -0.1) is 0 Å². The van der Waals surface area contributed by atoms with Crippen molar-refractivity contribution in [3.05, 3.63) is 64.2 Å². The van der Waals surface area contributed by atoms with Crippen LogP contribution in [-0.2, 0) is 6.54 Å². The van der Waals surface area contributed by atoms with Gasteiger partial charge in [0.2, 0.25) is 0 Å². The van der Waals surface area contributed by atoms with Gasteiger partial charge in [0.15, 0.2) is 0 Å². The Morgan fingerprint density at radius 1 is 1.11 bits per heavy atom. The number of nitrogens with one attached hydrogen (secondary N) is 1. The maximum Gasteiger partial charge on any atom is 0.0455 e. The van der Waals surface area contributed by atoms with Gasteiger partial charge in [0.1, 0.15) is 0 Å². The zero-order valence-electron chi connectivity index (χ0n) is 11.1. The number of hydrogen-bond acceptors (Lipinski definition) is 1. The average molecular weight is 272 g/mol. The molecule has 19 heavy (non-hydrogen) atoms. The third-order valence-corrected chi connectivity index (χ3v) is 4.22. The predicted molar refractivity (Wildman–Crippen MR) is 81.9 cm³/mol. The highest BCUT2D eigenvalue weighted by atomic mass is 35.5. The van der Waals surface area contributed by atoms with Gasteiger partial charge in [-0.2, -0.15) is 0 Å². The fraction of sp³-hybridized carbons (Fsp3) is 0.294. The molecule has 0 saturated heterocycles. The Hall–Kier alpha value is -1.47. The fourth-order valence-corrected chi connectivity index (χ4v) is 2.65. The lowest BCUT2D eigenvalue weighted by atomic mass is 10.0. The summed E-state index contributed by atoms with van der Waals surface area (Å²) < 4.78 is 0. The second-order valence-electron chi connectivity index (χ2n) is 5.24. The standard InChI is InChI=1S/C17H18ClN/c1-12-16(18)7-4-8-17(12)19-11-14-5-2-3-6-15(14)13-9-10-13/h2-8,13,19H,9-11H2,1H3. The zero-order chi connectivity index (χ0) is 13.2. The molecule has 0 radical (unpaired) electrons. The van der Waals surface area contributed by atoms with Gasteiger partial charge >= 0.3 is 0 Å². The summed E-state index contributed by atoms with van der Waals surface area (Å²) in [7, 11) is 0. The summed E-state index contributed by atoms with van der Waals surface area (Å²) in [6, 6.07) is 14.8. The second-order valence-corrected chi connectivity index (χ2v) is 5.65. The Labute approximate surface area is 119 Å². The first-order valence-electron chi connectivity index (χ1n) is 6.82. The van der Waals surface area contributed by atoms with Crippen molar-refractivity contribution in [2.45, 2.75) is 32.2 Å². The lowest BCUT2D eigenvalue weighted by Gasteiger charge is -2.13. The largest absolute Gasteiger partial charge is 0.381 e. The molecular weight excluding hydrogens is 254 g/mol. The molecule has 0 spiro atoms. The summed E-state index contributed by atoms with van der Waals surface area (Å²) in [5.74, 6) is 0.790. The van der Waals surface area contributed by atoms with Crippen molar-refractivity contribution in [3.8, 4) is 0 Å². The molecule has 1 fully saturated rings. The van der Waals surface area contributed by atoms with E-state index in [1.54, 1.807) is 0 Å². The summed E-state index contributed by atoms with van der Waals surface area (Å²) in [6.07, 6.45) is 2.68. The topological polar surface area (TPSA) is 12.0 Å². The van der Waals surface area contributed by atoms with Gasteiger partial charge < -0.3 is 5.32 Å². The summed E-state index contributed by atoms with van der Waals surface area (Å²) in [6.45, 7) is 2.92. The molecule has 98 valence electrons. The molecule has 0 amide bonds. The SMILES string of the molecule is Cc1c(Cl)cccc1NCc1ccccc1C1CC1. The van der Waals surface area contributed by atoms with Crippen LogP contribution >= 0.6 is 11.6 Å². The van der Waals surface area contributed by atoms with E-state index in [9.17, 15) is 0 Å². The van der Waals surface area contributed by atoms with Crippen LogP contribution in [0.4, 0.5) is 5.69 Å². The van der Waals surface area contributed by atoms with Crippen LogP contribution in [0, 0.1) is 6.92 Å². The number of anilines is 1. The highest BCUT2D eigenvalue weighted by Crippen LogP contribution is 2.41. The van der Waals surface area contributed by atoms with Gasteiger partial charge in [0.05, 0.1) is 0 Å². The Morgan fingerprint density at radius 3 is 2.68 bits per heavy atom. The normalized spacial score (nSPS) is 14.4. The Bertz CT molecular complexity index is 588. The summed E-state index contributed by atoms with van der Waals surface area (Å²) in [4.78, 5) is 0. The van der Waals surface area contributed by atoms with Crippen LogP contribution in [0.15, 0.2) is 42.5 Å². The molecule has 0 unspecified atom stereocenters. The van der Waals surface area contributed by atoms with E-state index >= 15 is 0 Å². The van der Waals surface area contributed by atoms with Crippen LogP contribution in [0.2, 0.25) is 5.02 Å². The number of halogens is 1. The molecular formula is C17H18ClN. The first-order chi connectivity index (χ1) is 9.25. The molecule has 1 N–H and O–H groups in total. The molecule has 0 heterocycles. The van der Waals surface area contributed by atoms with Crippen molar-refractivity contribution in [2.24, 2.45) is 0 Å². The van der Waals surface area contributed by atoms with Gasteiger partial charge in [-0.25, -0.2) is 0 Å². The number of rotatable bonds is 4. The van der Waals surface area contributed by atoms with Crippen LogP contribution in [-0.4, -0.2) is 0 Å². The third-order valence-electron chi connectivity index (χ3n) is 3.81. The van der Waals surface area contributed by atoms with Crippen molar-refractivity contribution in [1.82, 2.24) is 0 Å². The Kier molecular flexibility index (Phi) is 3.48. The van der Waals surface area contributed by atoms with Crippen LogP contribution in [0.25, 0.3) is 0 Å². The third kappa shape index (κ3) is 2.76. The summed E-state index contributed by atoms with van der Waals surface area (Å²) in [5.41, 5.74) is 5.16. The lowest BCUT2D eigenvalue weighted by Crippen LogP contribution is -2.03. The highest BCUT2D eigenvalue weighted by Gasteiger charge is 2.25. The molecule has 2 heteroatoms. The summed E-state index contributed by atoms with van der Waals surface area (Å²) in [5, 5.41) is 4.33. The molecule has 1 aliphatic carbocycles. The molecule has 0 bridgehead atoms.